The van der Waals surface area contributed by atoms with E-state index in [0.717, 1.165) is 6.07 Å². The largest absolute Gasteiger partial charge is 0.481 e. The number of anilines is 1. The highest BCUT2D eigenvalue weighted by Crippen LogP contribution is 2.21. The maximum Gasteiger partial charge on any atom is 0.308 e. The number of hydrogen-bond acceptors (Lipinski definition) is 3. The third-order valence-electron chi connectivity index (χ3n) is 2.87. The fourth-order valence-electron chi connectivity index (χ4n) is 1.72. The van der Waals surface area contributed by atoms with Gasteiger partial charge >= 0.3 is 5.97 Å². The van der Waals surface area contributed by atoms with Crippen LogP contribution in [-0.2, 0) is 4.79 Å². The monoisotopic (exact) mass is 268 g/mol. The maximum absolute atomic E-state index is 13.9. The smallest absolute Gasteiger partial charge is 0.308 e. The molecule has 0 heterocycles. The predicted molar refractivity (Wildman–Crippen MR) is 69.6 cm³/mol. The van der Waals surface area contributed by atoms with Gasteiger partial charge in [0.2, 0.25) is 5.91 Å². The van der Waals surface area contributed by atoms with Crippen molar-refractivity contribution in [3.63, 3.8) is 0 Å². The maximum atomic E-state index is 13.9. The van der Waals surface area contributed by atoms with Crippen molar-refractivity contribution in [2.45, 2.75) is 13.8 Å². The Balaban J connectivity index is 2.99. The van der Waals surface area contributed by atoms with E-state index in [9.17, 15) is 14.0 Å². The number of aliphatic carboxylic acids is 1. The fourth-order valence-corrected chi connectivity index (χ4v) is 1.72. The Hall–Kier alpha value is -2.11. The lowest BCUT2D eigenvalue weighted by Gasteiger charge is -2.25. The Bertz CT molecular complexity index is 491. The molecule has 0 fully saturated rings. The summed E-state index contributed by atoms with van der Waals surface area (Å²) < 4.78 is 13.9. The summed E-state index contributed by atoms with van der Waals surface area (Å²) in [7, 11) is 0. The Kier molecular flexibility index (Phi) is 4.86. The minimum Gasteiger partial charge on any atom is -0.481 e. The lowest BCUT2D eigenvalue weighted by Crippen LogP contribution is -2.32. The zero-order valence-electron chi connectivity index (χ0n) is 10.9. The number of carbonyl (C=O) groups is 2. The molecule has 0 spiro atoms. The zero-order valence-corrected chi connectivity index (χ0v) is 10.9. The Morgan fingerprint density at radius 2 is 2.11 bits per heavy atom. The molecule has 0 bridgehead atoms. The van der Waals surface area contributed by atoms with E-state index in [1.165, 1.54) is 12.1 Å². The van der Waals surface area contributed by atoms with Crippen molar-refractivity contribution in [3.8, 4) is 0 Å². The van der Waals surface area contributed by atoms with E-state index in [1.54, 1.807) is 18.7 Å². The molecule has 19 heavy (non-hydrogen) atoms. The van der Waals surface area contributed by atoms with Crippen LogP contribution in [0.25, 0.3) is 0 Å². The van der Waals surface area contributed by atoms with Gasteiger partial charge < -0.3 is 15.7 Å². The normalized spacial score (nSPS) is 11.9. The molecule has 0 saturated heterocycles. The van der Waals surface area contributed by atoms with Gasteiger partial charge in [0.1, 0.15) is 5.82 Å². The first-order chi connectivity index (χ1) is 8.86. The summed E-state index contributed by atoms with van der Waals surface area (Å²) in [6.07, 6.45) is 0. The molecular weight excluding hydrogens is 251 g/mol. The summed E-state index contributed by atoms with van der Waals surface area (Å²) in [5.41, 5.74) is 5.42. The SMILES string of the molecule is CCN(CC(C)C(=O)O)c1ccc(C(N)=O)cc1F. The van der Waals surface area contributed by atoms with Crippen LogP contribution in [0.4, 0.5) is 10.1 Å². The van der Waals surface area contributed by atoms with Crippen molar-refractivity contribution in [3.05, 3.63) is 29.6 Å². The molecule has 3 N–H and O–H groups in total. The number of amides is 1. The molecule has 1 aromatic carbocycles. The van der Waals surface area contributed by atoms with Gasteiger partial charge in [-0.05, 0) is 25.1 Å². The van der Waals surface area contributed by atoms with E-state index in [2.05, 4.69) is 0 Å². The van der Waals surface area contributed by atoms with Crippen molar-refractivity contribution < 1.29 is 19.1 Å². The van der Waals surface area contributed by atoms with E-state index in [-0.39, 0.29) is 17.8 Å². The molecule has 0 aliphatic carbocycles. The third-order valence-corrected chi connectivity index (χ3v) is 2.87. The average Bonchev–Trinajstić information content (AvgIpc) is 2.35. The van der Waals surface area contributed by atoms with Gasteiger partial charge in [0.05, 0.1) is 11.6 Å². The molecule has 0 aromatic heterocycles. The molecule has 0 saturated carbocycles. The molecule has 1 aromatic rings. The van der Waals surface area contributed by atoms with Gasteiger partial charge in [-0.3, -0.25) is 9.59 Å². The lowest BCUT2D eigenvalue weighted by atomic mass is 10.1. The minimum absolute atomic E-state index is 0.0867. The number of halogens is 1. The number of carbonyl (C=O) groups excluding carboxylic acids is 1. The quantitative estimate of drug-likeness (QED) is 0.818. The van der Waals surface area contributed by atoms with E-state index >= 15 is 0 Å². The topological polar surface area (TPSA) is 83.6 Å². The zero-order chi connectivity index (χ0) is 14.6. The second-order valence-corrected chi connectivity index (χ2v) is 4.31. The van der Waals surface area contributed by atoms with Crippen LogP contribution in [0.5, 0.6) is 0 Å². The molecule has 104 valence electrons. The third kappa shape index (κ3) is 3.67. The summed E-state index contributed by atoms with van der Waals surface area (Å²) in [6.45, 7) is 4.01. The molecular formula is C13H17FN2O3. The standard InChI is InChI=1S/C13H17FN2O3/c1-3-16(7-8(2)13(18)19)11-5-4-9(12(15)17)6-10(11)14/h4-6,8H,3,7H2,1-2H3,(H2,15,17)(H,18,19). The van der Waals surface area contributed by atoms with Crippen LogP contribution in [0, 0.1) is 11.7 Å². The van der Waals surface area contributed by atoms with Gasteiger partial charge in [-0.2, -0.15) is 0 Å². The van der Waals surface area contributed by atoms with Crippen LogP contribution in [0.2, 0.25) is 0 Å². The summed E-state index contributed by atoms with van der Waals surface area (Å²) in [5.74, 6) is -2.84. The van der Waals surface area contributed by atoms with E-state index in [0.29, 0.717) is 6.54 Å². The molecule has 0 aliphatic rings. The minimum atomic E-state index is -0.937. The van der Waals surface area contributed by atoms with Crippen molar-refractivity contribution >= 4 is 17.6 Å². The summed E-state index contributed by atoms with van der Waals surface area (Å²) >= 11 is 0. The molecule has 0 aliphatic heterocycles. The number of nitrogens with two attached hydrogens (primary N) is 1. The first-order valence-corrected chi connectivity index (χ1v) is 5.93. The molecule has 1 rings (SSSR count). The van der Waals surface area contributed by atoms with Gasteiger partial charge in [0.25, 0.3) is 0 Å². The highest BCUT2D eigenvalue weighted by molar-refractivity contribution is 5.93. The second-order valence-electron chi connectivity index (χ2n) is 4.31. The number of carboxylic acid groups (broad SMARTS) is 1. The Morgan fingerprint density at radius 3 is 2.53 bits per heavy atom. The molecule has 0 radical (unpaired) electrons. The predicted octanol–water partition coefficient (Wildman–Crippen LogP) is 1.47. The summed E-state index contributed by atoms with van der Waals surface area (Å²) in [5, 5.41) is 8.88. The summed E-state index contributed by atoms with van der Waals surface area (Å²) in [6, 6.07) is 3.92. The van der Waals surface area contributed by atoms with Gasteiger partial charge in [-0.1, -0.05) is 6.92 Å². The Morgan fingerprint density at radius 1 is 1.47 bits per heavy atom. The van der Waals surface area contributed by atoms with Crippen LogP contribution in [0.1, 0.15) is 24.2 Å². The highest BCUT2D eigenvalue weighted by Gasteiger charge is 2.18. The van der Waals surface area contributed by atoms with Crippen molar-refractivity contribution in [1.82, 2.24) is 0 Å². The van der Waals surface area contributed by atoms with Crippen molar-refractivity contribution in [2.75, 3.05) is 18.0 Å². The number of hydrogen-bond donors (Lipinski definition) is 2. The van der Waals surface area contributed by atoms with Crippen LogP contribution < -0.4 is 10.6 Å². The molecule has 5 nitrogen and oxygen atoms in total. The molecule has 1 amide bonds. The second kappa shape index (κ2) is 6.17. The highest BCUT2D eigenvalue weighted by atomic mass is 19.1. The van der Waals surface area contributed by atoms with Crippen molar-refractivity contribution in [1.29, 1.82) is 0 Å². The van der Waals surface area contributed by atoms with Crippen LogP contribution in [0.15, 0.2) is 18.2 Å². The lowest BCUT2D eigenvalue weighted by molar-refractivity contribution is -0.140. The first-order valence-electron chi connectivity index (χ1n) is 5.93. The van der Waals surface area contributed by atoms with Gasteiger partial charge in [-0.25, -0.2) is 4.39 Å². The molecule has 1 atom stereocenters. The van der Waals surface area contributed by atoms with E-state index in [4.69, 9.17) is 10.8 Å². The molecule has 1 unspecified atom stereocenters. The Labute approximate surface area is 110 Å². The molecule has 6 heteroatoms. The fraction of sp³-hybridized carbons (Fsp3) is 0.385. The van der Waals surface area contributed by atoms with E-state index in [1.807, 2.05) is 0 Å². The van der Waals surface area contributed by atoms with Crippen LogP contribution >= 0.6 is 0 Å². The first kappa shape index (κ1) is 14.9. The average molecular weight is 268 g/mol. The van der Waals surface area contributed by atoms with Crippen LogP contribution in [-0.4, -0.2) is 30.1 Å². The van der Waals surface area contributed by atoms with Gasteiger partial charge in [-0.15, -0.1) is 0 Å². The number of nitrogens with zero attached hydrogens (tertiary/aromatic N) is 1. The number of benzene rings is 1. The summed E-state index contributed by atoms with van der Waals surface area (Å²) in [4.78, 5) is 23.4. The van der Waals surface area contributed by atoms with Crippen LogP contribution in [0.3, 0.4) is 0 Å². The number of rotatable bonds is 6. The van der Waals surface area contributed by atoms with E-state index < -0.39 is 23.6 Å². The van der Waals surface area contributed by atoms with Gasteiger partial charge in [0, 0.05) is 18.7 Å². The van der Waals surface area contributed by atoms with Gasteiger partial charge in [0.15, 0.2) is 0 Å². The van der Waals surface area contributed by atoms with Crippen molar-refractivity contribution in [2.24, 2.45) is 11.7 Å². The number of carboxylic acids is 1. The number of primary amides is 1.